The highest BCUT2D eigenvalue weighted by Gasteiger charge is 2.17. The number of aromatic nitrogens is 1. The molecular formula is C22H35N7O3S. The fourth-order valence-corrected chi connectivity index (χ4v) is 3.44. The van der Waals surface area contributed by atoms with Crippen LogP contribution >= 0.6 is 11.3 Å². The van der Waals surface area contributed by atoms with Gasteiger partial charge < -0.3 is 26.6 Å². The van der Waals surface area contributed by atoms with Crippen LogP contribution in [0.2, 0.25) is 0 Å². The first-order chi connectivity index (χ1) is 15.6. The number of hydrogen-bond acceptors (Lipinski definition) is 7. The third-order valence-corrected chi connectivity index (χ3v) is 5.12. The van der Waals surface area contributed by atoms with Crippen molar-refractivity contribution in [3.05, 3.63) is 40.4 Å². The van der Waals surface area contributed by atoms with Crippen molar-refractivity contribution in [3.63, 3.8) is 0 Å². The van der Waals surface area contributed by atoms with Gasteiger partial charge >= 0.3 is 0 Å². The summed E-state index contributed by atoms with van der Waals surface area (Å²) in [7, 11) is 6.97. The molecule has 0 radical (unpaired) electrons. The third kappa shape index (κ3) is 11.6. The molecule has 0 aliphatic heterocycles. The lowest BCUT2D eigenvalue weighted by Crippen LogP contribution is -2.19. The Balaban J connectivity index is 0.000000863. The van der Waals surface area contributed by atoms with E-state index in [-0.39, 0.29) is 17.7 Å². The Labute approximate surface area is 199 Å². The molecule has 2 rings (SSSR count). The molecule has 0 bridgehead atoms. The zero-order valence-corrected chi connectivity index (χ0v) is 20.9. The van der Waals surface area contributed by atoms with E-state index >= 15 is 0 Å². The molecule has 0 atom stereocenters. The van der Waals surface area contributed by atoms with E-state index in [4.69, 9.17) is 5.41 Å². The molecule has 11 heteroatoms. The second-order valence-corrected chi connectivity index (χ2v) is 7.81. The van der Waals surface area contributed by atoms with E-state index in [0.717, 1.165) is 18.4 Å². The molecule has 0 saturated carbocycles. The van der Waals surface area contributed by atoms with Gasteiger partial charge in [-0.25, -0.2) is 4.98 Å². The molecular weight excluding hydrogens is 442 g/mol. The second-order valence-electron chi connectivity index (χ2n) is 6.81. The third-order valence-electron chi connectivity index (χ3n) is 4.11. The van der Waals surface area contributed by atoms with Crippen molar-refractivity contribution in [2.75, 3.05) is 38.8 Å². The van der Waals surface area contributed by atoms with E-state index in [9.17, 15) is 14.4 Å². The number of nitrogens with zero attached hydrogens (tertiary/aromatic N) is 2. The maximum Gasteiger partial charge on any atom is 0.263 e. The van der Waals surface area contributed by atoms with Crippen LogP contribution in [0.1, 0.15) is 41.2 Å². The van der Waals surface area contributed by atoms with Crippen LogP contribution in [0.25, 0.3) is 0 Å². The number of amides is 3. The summed E-state index contributed by atoms with van der Waals surface area (Å²) in [5.74, 6) is -0.198. The maximum atomic E-state index is 12.0. The van der Waals surface area contributed by atoms with Gasteiger partial charge in [0.1, 0.15) is 4.88 Å². The van der Waals surface area contributed by atoms with Crippen molar-refractivity contribution < 1.29 is 14.4 Å². The average Bonchev–Trinajstić information content (AvgIpc) is 3.19. The number of nitrogens with two attached hydrogens (primary N) is 1. The van der Waals surface area contributed by atoms with E-state index in [2.05, 4.69) is 26.7 Å². The summed E-state index contributed by atoms with van der Waals surface area (Å²) in [6.45, 7) is 3.27. The Morgan fingerprint density at radius 2 is 1.73 bits per heavy atom. The molecule has 0 fully saturated rings. The molecule has 1 aromatic carbocycles. The van der Waals surface area contributed by atoms with E-state index in [1.165, 1.54) is 23.8 Å². The summed E-state index contributed by atoms with van der Waals surface area (Å²) >= 11 is 1.20. The smallest absolute Gasteiger partial charge is 0.263 e. The fourth-order valence-electron chi connectivity index (χ4n) is 2.43. The number of carbonyl (C=O) groups is 3. The molecule has 1 aromatic heterocycles. The van der Waals surface area contributed by atoms with Crippen LogP contribution in [-0.4, -0.2) is 62.1 Å². The summed E-state index contributed by atoms with van der Waals surface area (Å²) < 4.78 is 0. The standard InChI is InChI=1S/C16H20N4O2S.C5H11NO.CH4N2/c1-10(21)19-16-20-13(14(23-16)15(22)18-3)9-6-11-4-7-12(17-2)8-5-11;1-4-5(7)6(2)3;2-1-3/h4-5,7-8,17H,6,9H2,1-3H3,(H,18,22)(H,19,20,21);4H2,1-3H3;1H,(H3,2,3). The highest BCUT2D eigenvalue weighted by molar-refractivity contribution is 7.17. The SMILES string of the molecule is CCC(=O)N(C)C.CNC(=O)c1sc(NC(C)=O)nc1CCc1ccc(NC)cc1.N=CN. The van der Waals surface area contributed by atoms with E-state index in [1.54, 1.807) is 26.0 Å². The Morgan fingerprint density at radius 1 is 1.15 bits per heavy atom. The number of rotatable bonds is 7. The molecule has 0 aliphatic carbocycles. The van der Waals surface area contributed by atoms with E-state index in [1.807, 2.05) is 38.2 Å². The summed E-state index contributed by atoms with van der Waals surface area (Å²) in [6.07, 6.45) is 2.77. The minimum Gasteiger partial charge on any atom is -0.390 e. The van der Waals surface area contributed by atoms with Gasteiger partial charge in [0.15, 0.2) is 5.13 Å². The van der Waals surface area contributed by atoms with Gasteiger partial charge in [0, 0.05) is 47.2 Å². The monoisotopic (exact) mass is 477 g/mol. The second kappa shape index (κ2) is 16.2. The fraction of sp³-hybridized carbons (Fsp3) is 0.409. The van der Waals surface area contributed by atoms with Gasteiger partial charge in [-0.15, -0.1) is 0 Å². The van der Waals surface area contributed by atoms with Gasteiger partial charge in [0.25, 0.3) is 5.91 Å². The Morgan fingerprint density at radius 3 is 2.12 bits per heavy atom. The normalized spacial score (nSPS) is 9.27. The molecule has 1 heterocycles. The largest absolute Gasteiger partial charge is 0.390 e. The number of carbonyl (C=O) groups excluding carboxylic acids is 3. The summed E-state index contributed by atoms with van der Waals surface area (Å²) in [5, 5.41) is 14.6. The van der Waals surface area contributed by atoms with Crippen molar-refractivity contribution in [1.82, 2.24) is 15.2 Å². The van der Waals surface area contributed by atoms with Crippen LogP contribution in [0.15, 0.2) is 24.3 Å². The van der Waals surface area contributed by atoms with Crippen molar-refractivity contribution in [2.24, 2.45) is 5.73 Å². The highest BCUT2D eigenvalue weighted by atomic mass is 32.1. The first-order valence-electron chi connectivity index (χ1n) is 10.3. The first kappa shape index (κ1) is 29.5. The molecule has 0 spiro atoms. The Kier molecular flexibility index (Phi) is 14.5. The van der Waals surface area contributed by atoms with Crippen LogP contribution in [0.5, 0.6) is 0 Å². The number of hydrogen-bond donors (Lipinski definition) is 5. The van der Waals surface area contributed by atoms with Crippen molar-refractivity contribution in [2.45, 2.75) is 33.1 Å². The predicted molar refractivity (Wildman–Crippen MR) is 135 cm³/mol. The molecule has 6 N–H and O–H groups in total. The number of anilines is 2. The Hall–Kier alpha value is -3.47. The number of nitrogens with one attached hydrogen (secondary N) is 4. The summed E-state index contributed by atoms with van der Waals surface area (Å²) in [5.41, 5.74) is 7.32. The Bertz CT molecular complexity index is 896. The van der Waals surface area contributed by atoms with Crippen molar-refractivity contribution >= 4 is 46.2 Å². The van der Waals surface area contributed by atoms with Gasteiger partial charge in [-0.2, -0.15) is 0 Å². The average molecular weight is 478 g/mol. The van der Waals surface area contributed by atoms with Gasteiger partial charge in [-0.3, -0.25) is 19.8 Å². The maximum absolute atomic E-state index is 12.0. The molecule has 0 unspecified atom stereocenters. The quantitative estimate of drug-likeness (QED) is 0.305. The zero-order valence-electron chi connectivity index (χ0n) is 20.1. The van der Waals surface area contributed by atoms with Gasteiger partial charge in [-0.1, -0.05) is 30.4 Å². The van der Waals surface area contributed by atoms with Gasteiger partial charge in [0.05, 0.1) is 12.0 Å². The summed E-state index contributed by atoms with van der Waals surface area (Å²) in [6, 6.07) is 8.12. The molecule has 3 amide bonds. The predicted octanol–water partition coefficient (Wildman–Crippen LogP) is 2.32. The van der Waals surface area contributed by atoms with Crippen LogP contribution in [0.3, 0.4) is 0 Å². The molecule has 182 valence electrons. The lowest BCUT2D eigenvalue weighted by molar-refractivity contribution is -0.128. The first-order valence-corrected chi connectivity index (χ1v) is 11.1. The zero-order chi connectivity index (χ0) is 25.4. The number of aryl methyl sites for hydroxylation is 2. The lowest BCUT2D eigenvalue weighted by Gasteiger charge is -2.05. The van der Waals surface area contributed by atoms with Crippen LogP contribution < -0.4 is 21.7 Å². The molecule has 0 saturated heterocycles. The number of thiazole rings is 1. The van der Waals surface area contributed by atoms with Gasteiger partial charge in [0.2, 0.25) is 11.8 Å². The van der Waals surface area contributed by atoms with E-state index in [0.29, 0.717) is 28.5 Å². The molecule has 10 nitrogen and oxygen atoms in total. The molecule has 2 aromatic rings. The number of benzene rings is 1. The van der Waals surface area contributed by atoms with Crippen LogP contribution in [-0.2, 0) is 22.4 Å². The minimum absolute atomic E-state index is 0.181. The van der Waals surface area contributed by atoms with Crippen molar-refractivity contribution in [1.29, 1.82) is 5.41 Å². The molecule has 33 heavy (non-hydrogen) atoms. The van der Waals surface area contributed by atoms with E-state index < -0.39 is 0 Å². The van der Waals surface area contributed by atoms with Gasteiger partial charge in [-0.05, 0) is 30.5 Å². The van der Waals surface area contributed by atoms with Crippen LogP contribution in [0, 0.1) is 5.41 Å². The lowest BCUT2D eigenvalue weighted by atomic mass is 10.1. The van der Waals surface area contributed by atoms with Crippen molar-refractivity contribution in [3.8, 4) is 0 Å². The summed E-state index contributed by atoms with van der Waals surface area (Å²) in [4.78, 5) is 40.1. The topological polar surface area (TPSA) is 153 Å². The highest BCUT2D eigenvalue weighted by Crippen LogP contribution is 2.24. The minimum atomic E-state index is -0.198. The van der Waals surface area contributed by atoms with Crippen LogP contribution in [0.4, 0.5) is 10.8 Å². The molecule has 0 aliphatic rings.